The molecule has 0 aliphatic heterocycles. The fraction of sp³-hybridized carbons (Fsp3) is 0.750. The average Bonchev–Trinajstić information content (AvgIpc) is 2.47. The maximum atomic E-state index is 5.58. The monoisotopic (exact) mass is 236 g/mol. The van der Waals surface area contributed by atoms with Gasteiger partial charge < -0.3 is 0 Å². The van der Waals surface area contributed by atoms with E-state index in [1.807, 2.05) is 0 Å². The highest BCUT2D eigenvalue weighted by molar-refractivity contribution is 8.01. The van der Waals surface area contributed by atoms with Gasteiger partial charge in [0.15, 0.2) is 4.34 Å². The summed E-state index contributed by atoms with van der Waals surface area (Å²) in [6, 6.07) is 0. The van der Waals surface area contributed by atoms with E-state index < -0.39 is 0 Å². The van der Waals surface area contributed by atoms with Crippen molar-refractivity contribution in [2.45, 2.75) is 30.5 Å². The maximum Gasteiger partial charge on any atom is 0.170 e. The Morgan fingerprint density at radius 3 is 2.62 bits per heavy atom. The van der Waals surface area contributed by atoms with Crippen LogP contribution in [-0.4, -0.2) is 21.0 Å². The first-order chi connectivity index (χ1) is 6.04. The third kappa shape index (κ3) is 3.44. The lowest BCUT2D eigenvalue weighted by Gasteiger charge is -2.11. The molecule has 0 fully saturated rings. The lowest BCUT2D eigenvalue weighted by molar-refractivity contribution is 0.551. The van der Waals surface area contributed by atoms with Gasteiger partial charge in [0.2, 0.25) is 0 Å². The Morgan fingerprint density at radius 2 is 2.15 bits per heavy atom. The van der Waals surface area contributed by atoms with Crippen LogP contribution in [0.1, 0.15) is 26.6 Å². The van der Waals surface area contributed by atoms with Crippen molar-refractivity contribution < 1.29 is 0 Å². The molecule has 0 aromatic carbocycles. The van der Waals surface area contributed by atoms with Gasteiger partial charge in [0.05, 0.1) is 0 Å². The van der Waals surface area contributed by atoms with E-state index in [-0.39, 0.29) is 5.41 Å². The van der Waals surface area contributed by atoms with Crippen LogP contribution in [0.25, 0.3) is 0 Å². The number of nitrogens with zero attached hydrogens (tertiary/aromatic N) is 2. The number of aromatic nitrogens is 2. The molecule has 0 N–H and O–H groups in total. The van der Waals surface area contributed by atoms with E-state index in [1.165, 1.54) is 11.5 Å². The van der Waals surface area contributed by atoms with Gasteiger partial charge in [-0.1, -0.05) is 32.5 Å². The van der Waals surface area contributed by atoms with E-state index in [1.54, 1.807) is 11.8 Å². The smallest absolute Gasteiger partial charge is 0.170 e. The number of alkyl halides is 1. The molecule has 0 unspecified atom stereocenters. The highest BCUT2D eigenvalue weighted by Gasteiger charge is 2.19. The van der Waals surface area contributed by atoms with Gasteiger partial charge in [-0.15, -0.1) is 11.6 Å². The minimum atomic E-state index is 0.0519. The summed E-state index contributed by atoms with van der Waals surface area (Å²) in [4.78, 5) is 4.43. The Morgan fingerprint density at radius 1 is 1.46 bits per heavy atom. The van der Waals surface area contributed by atoms with Crippen LogP contribution in [0.3, 0.4) is 0 Å². The van der Waals surface area contributed by atoms with Crippen molar-refractivity contribution in [1.29, 1.82) is 0 Å². The van der Waals surface area contributed by atoms with Crippen LogP contribution in [0.2, 0.25) is 0 Å². The summed E-state index contributed by atoms with van der Waals surface area (Å²) in [7, 11) is 0. The predicted octanol–water partition coefficient (Wildman–Crippen LogP) is 3.17. The average molecular weight is 237 g/mol. The minimum Gasteiger partial charge on any atom is -0.212 e. The van der Waals surface area contributed by atoms with E-state index in [4.69, 9.17) is 11.6 Å². The van der Waals surface area contributed by atoms with Crippen LogP contribution in [0.5, 0.6) is 0 Å². The second-order valence-corrected chi connectivity index (χ2v) is 6.14. The van der Waals surface area contributed by atoms with E-state index in [0.29, 0.717) is 5.88 Å². The van der Waals surface area contributed by atoms with E-state index in [2.05, 4.69) is 30.1 Å². The molecule has 0 aliphatic carbocycles. The topological polar surface area (TPSA) is 25.8 Å². The fourth-order valence-corrected chi connectivity index (χ4v) is 2.51. The van der Waals surface area contributed by atoms with E-state index in [0.717, 1.165) is 15.9 Å². The molecule has 0 radical (unpaired) electrons. The molecular weight excluding hydrogens is 224 g/mol. The number of hydrogen-bond donors (Lipinski definition) is 0. The quantitative estimate of drug-likeness (QED) is 0.596. The van der Waals surface area contributed by atoms with Crippen molar-refractivity contribution in [2.75, 3.05) is 11.6 Å². The first-order valence-electron chi connectivity index (χ1n) is 4.07. The van der Waals surface area contributed by atoms with Gasteiger partial charge in [0, 0.05) is 17.0 Å². The predicted molar refractivity (Wildman–Crippen MR) is 60.1 cm³/mol. The molecule has 0 saturated heterocycles. The maximum absolute atomic E-state index is 5.58. The van der Waals surface area contributed by atoms with Gasteiger partial charge in [-0.25, -0.2) is 4.98 Å². The van der Waals surface area contributed by atoms with Crippen molar-refractivity contribution in [3.8, 4) is 0 Å². The molecule has 5 heteroatoms. The Hall–Kier alpha value is 0.200. The zero-order valence-corrected chi connectivity index (χ0v) is 10.4. The zero-order chi connectivity index (χ0) is 9.90. The third-order valence-electron chi connectivity index (χ3n) is 1.38. The molecule has 74 valence electrons. The highest BCUT2D eigenvalue weighted by atomic mass is 35.5. The Balaban J connectivity index is 2.64. The van der Waals surface area contributed by atoms with Gasteiger partial charge in [0.1, 0.15) is 5.82 Å². The summed E-state index contributed by atoms with van der Waals surface area (Å²) in [5.74, 6) is 2.49. The number of thioether (sulfide) groups is 1. The molecule has 1 rings (SSSR count). The second-order valence-electron chi connectivity index (χ2n) is 3.67. The summed E-state index contributed by atoms with van der Waals surface area (Å²) in [6.07, 6.45) is 0. The molecule has 0 bridgehead atoms. The van der Waals surface area contributed by atoms with Crippen molar-refractivity contribution in [3.05, 3.63) is 5.82 Å². The summed E-state index contributed by atoms with van der Waals surface area (Å²) >= 11 is 8.71. The molecular formula is C8H13ClN2S2. The second kappa shape index (κ2) is 4.62. The summed E-state index contributed by atoms with van der Waals surface area (Å²) in [5, 5.41) is 0. The summed E-state index contributed by atoms with van der Waals surface area (Å²) in [6.45, 7) is 6.35. The number of hydrogen-bond acceptors (Lipinski definition) is 4. The first kappa shape index (κ1) is 11.3. The minimum absolute atomic E-state index is 0.0519. The van der Waals surface area contributed by atoms with Crippen molar-refractivity contribution in [2.24, 2.45) is 0 Å². The van der Waals surface area contributed by atoms with Gasteiger partial charge in [-0.3, -0.25) is 0 Å². The van der Waals surface area contributed by atoms with E-state index in [9.17, 15) is 0 Å². The van der Waals surface area contributed by atoms with Crippen LogP contribution in [0.4, 0.5) is 0 Å². The molecule has 2 nitrogen and oxygen atoms in total. The lowest BCUT2D eigenvalue weighted by atomic mass is 9.96. The molecule has 0 aliphatic rings. The molecule has 13 heavy (non-hydrogen) atoms. The van der Waals surface area contributed by atoms with Crippen molar-refractivity contribution in [3.63, 3.8) is 0 Å². The Kier molecular flexibility index (Phi) is 4.01. The normalized spacial score (nSPS) is 12.0. The summed E-state index contributed by atoms with van der Waals surface area (Å²) in [5.41, 5.74) is 0.0519. The number of rotatable bonds is 3. The molecule has 0 spiro atoms. The summed E-state index contributed by atoms with van der Waals surface area (Å²) < 4.78 is 5.33. The SMILES string of the molecule is CC(C)(C)c1nsc(SCCCl)n1. The highest BCUT2D eigenvalue weighted by Crippen LogP contribution is 2.26. The fourth-order valence-electron chi connectivity index (χ4n) is 0.699. The van der Waals surface area contributed by atoms with Gasteiger partial charge in [-0.2, -0.15) is 4.37 Å². The number of halogens is 1. The van der Waals surface area contributed by atoms with E-state index >= 15 is 0 Å². The lowest BCUT2D eigenvalue weighted by Crippen LogP contribution is -2.12. The van der Waals surface area contributed by atoms with Crippen LogP contribution in [0.15, 0.2) is 4.34 Å². The van der Waals surface area contributed by atoms with Crippen molar-refractivity contribution in [1.82, 2.24) is 9.36 Å². The van der Waals surface area contributed by atoms with Crippen LogP contribution in [0, 0.1) is 0 Å². The Labute approximate surface area is 92.3 Å². The van der Waals surface area contributed by atoms with Crippen LogP contribution < -0.4 is 0 Å². The Bertz CT molecular complexity index is 267. The first-order valence-corrected chi connectivity index (χ1v) is 6.36. The molecule has 0 amide bonds. The standard InChI is InChI=1S/C8H13ClN2S2/c1-8(2,3)6-10-7(13-11-6)12-5-4-9/h4-5H2,1-3H3. The zero-order valence-electron chi connectivity index (χ0n) is 8.00. The largest absolute Gasteiger partial charge is 0.212 e. The third-order valence-corrected chi connectivity index (χ3v) is 3.63. The molecule has 1 aromatic rings. The van der Waals surface area contributed by atoms with Crippen molar-refractivity contribution >= 4 is 34.9 Å². The van der Waals surface area contributed by atoms with Gasteiger partial charge >= 0.3 is 0 Å². The van der Waals surface area contributed by atoms with Gasteiger partial charge in [0.25, 0.3) is 0 Å². The molecule has 0 saturated carbocycles. The van der Waals surface area contributed by atoms with Crippen LogP contribution >= 0.6 is 34.9 Å². The van der Waals surface area contributed by atoms with Gasteiger partial charge in [-0.05, 0) is 11.5 Å². The molecule has 1 aromatic heterocycles. The molecule has 1 heterocycles. The molecule has 0 atom stereocenters. The van der Waals surface area contributed by atoms with Crippen LogP contribution in [-0.2, 0) is 5.41 Å².